The van der Waals surface area contributed by atoms with Crippen LogP contribution in [0.15, 0.2) is 84.9 Å². The predicted octanol–water partition coefficient (Wildman–Crippen LogP) is 4.81. The van der Waals surface area contributed by atoms with E-state index in [1.54, 1.807) is 79.9 Å². The number of esters is 1. The smallest absolute Gasteiger partial charge is 0.343 e. The molecule has 4 nitrogen and oxygen atoms in total. The summed E-state index contributed by atoms with van der Waals surface area (Å²) in [6, 6.07) is 22.7. The molecule has 0 unspecified atom stereocenters. The Balaban J connectivity index is 1.76. The van der Waals surface area contributed by atoms with Gasteiger partial charge >= 0.3 is 5.97 Å². The van der Waals surface area contributed by atoms with Crippen LogP contribution in [0.3, 0.4) is 0 Å². The Bertz CT molecular complexity index is 957. The highest BCUT2D eigenvalue weighted by Crippen LogP contribution is 2.21. The van der Waals surface area contributed by atoms with E-state index in [9.17, 15) is 9.59 Å². The highest BCUT2D eigenvalue weighted by Gasteiger charge is 2.10. The average Bonchev–Trinajstić information content (AvgIpc) is 2.73. The maximum Gasteiger partial charge on any atom is 0.343 e. The molecular weight excluding hydrogens is 340 g/mol. The zero-order chi connectivity index (χ0) is 19.1. The highest BCUT2D eigenvalue weighted by molar-refractivity contribution is 6.07. The quantitative estimate of drug-likeness (QED) is 0.275. The van der Waals surface area contributed by atoms with Crippen molar-refractivity contribution < 1.29 is 19.1 Å². The van der Waals surface area contributed by atoms with E-state index < -0.39 is 5.97 Å². The molecule has 134 valence electrons. The van der Waals surface area contributed by atoms with Gasteiger partial charge in [0.15, 0.2) is 5.78 Å². The second-order valence-corrected chi connectivity index (χ2v) is 5.72. The second kappa shape index (κ2) is 8.63. The standard InChI is InChI=1S/C23H18O4/c1-26-20-14-11-17(12-15-20)21(24)16-13-18-7-5-6-10-22(18)27-23(25)19-8-3-2-4-9-19/h2-16H,1H3. The van der Waals surface area contributed by atoms with Crippen LogP contribution in [0.2, 0.25) is 0 Å². The largest absolute Gasteiger partial charge is 0.497 e. The Labute approximate surface area is 157 Å². The molecule has 0 N–H and O–H groups in total. The predicted molar refractivity (Wildman–Crippen MR) is 104 cm³/mol. The third-order valence-electron chi connectivity index (χ3n) is 3.92. The molecule has 0 amide bonds. The molecule has 0 bridgehead atoms. The fourth-order valence-electron chi connectivity index (χ4n) is 2.46. The number of para-hydroxylation sites is 1. The molecule has 0 aliphatic rings. The first kappa shape index (κ1) is 18.1. The highest BCUT2D eigenvalue weighted by atomic mass is 16.5. The van der Waals surface area contributed by atoms with Crippen molar-refractivity contribution >= 4 is 17.8 Å². The van der Waals surface area contributed by atoms with Gasteiger partial charge in [0.2, 0.25) is 0 Å². The molecule has 0 heterocycles. The summed E-state index contributed by atoms with van der Waals surface area (Å²) in [6.45, 7) is 0. The number of hydrogen-bond donors (Lipinski definition) is 0. The zero-order valence-electron chi connectivity index (χ0n) is 14.8. The minimum atomic E-state index is -0.446. The van der Waals surface area contributed by atoms with Gasteiger partial charge < -0.3 is 9.47 Å². The molecule has 0 atom stereocenters. The second-order valence-electron chi connectivity index (χ2n) is 5.72. The Kier molecular flexibility index (Phi) is 5.80. The van der Waals surface area contributed by atoms with Gasteiger partial charge in [-0.3, -0.25) is 4.79 Å². The number of allylic oxidation sites excluding steroid dienone is 1. The lowest BCUT2D eigenvalue weighted by molar-refractivity contribution is 0.0734. The van der Waals surface area contributed by atoms with E-state index in [4.69, 9.17) is 9.47 Å². The van der Waals surface area contributed by atoms with E-state index >= 15 is 0 Å². The maximum absolute atomic E-state index is 12.3. The van der Waals surface area contributed by atoms with Crippen LogP contribution in [-0.2, 0) is 0 Å². The number of rotatable bonds is 6. The molecule has 3 aromatic rings. The number of carbonyl (C=O) groups excluding carboxylic acids is 2. The molecule has 0 radical (unpaired) electrons. The summed E-state index contributed by atoms with van der Waals surface area (Å²) in [5.74, 6) is 0.485. The number of hydrogen-bond acceptors (Lipinski definition) is 4. The van der Waals surface area contributed by atoms with Gasteiger partial charge in [0.1, 0.15) is 11.5 Å². The van der Waals surface area contributed by atoms with Gasteiger partial charge in [0, 0.05) is 11.1 Å². The van der Waals surface area contributed by atoms with Crippen LogP contribution in [0.5, 0.6) is 11.5 Å². The van der Waals surface area contributed by atoms with Gasteiger partial charge in [-0.25, -0.2) is 4.79 Å². The van der Waals surface area contributed by atoms with Gasteiger partial charge in [-0.05, 0) is 54.6 Å². The third-order valence-corrected chi connectivity index (χ3v) is 3.92. The first-order valence-corrected chi connectivity index (χ1v) is 8.40. The van der Waals surface area contributed by atoms with Crippen LogP contribution in [0.1, 0.15) is 26.3 Å². The van der Waals surface area contributed by atoms with Gasteiger partial charge in [-0.2, -0.15) is 0 Å². The van der Waals surface area contributed by atoms with Crippen LogP contribution >= 0.6 is 0 Å². The van der Waals surface area contributed by atoms with E-state index in [0.29, 0.717) is 28.2 Å². The molecule has 4 heteroatoms. The molecule has 0 aromatic heterocycles. The van der Waals surface area contributed by atoms with Gasteiger partial charge in [0.05, 0.1) is 12.7 Å². The summed E-state index contributed by atoms with van der Waals surface area (Å²) in [5, 5.41) is 0. The van der Waals surface area contributed by atoms with Crippen LogP contribution in [0.25, 0.3) is 6.08 Å². The Morgan fingerprint density at radius 2 is 1.44 bits per heavy atom. The molecule has 0 fully saturated rings. The molecule has 3 rings (SSSR count). The Morgan fingerprint density at radius 3 is 2.15 bits per heavy atom. The topological polar surface area (TPSA) is 52.6 Å². The first-order chi connectivity index (χ1) is 13.2. The van der Waals surface area contributed by atoms with Gasteiger partial charge in [0.25, 0.3) is 0 Å². The molecule has 0 aliphatic heterocycles. The maximum atomic E-state index is 12.3. The summed E-state index contributed by atoms with van der Waals surface area (Å²) in [7, 11) is 1.57. The monoisotopic (exact) mass is 358 g/mol. The third kappa shape index (κ3) is 4.70. The van der Waals surface area contributed by atoms with Crippen LogP contribution in [-0.4, -0.2) is 18.9 Å². The van der Waals surface area contributed by atoms with Gasteiger partial charge in [-0.15, -0.1) is 0 Å². The minimum absolute atomic E-state index is 0.151. The number of methoxy groups -OCH3 is 1. The average molecular weight is 358 g/mol. The fraction of sp³-hybridized carbons (Fsp3) is 0.0435. The van der Waals surface area contributed by atoms with Crippen LogP contribution < -0.4 is 9.47 Å². The molecule has 0 saturated carbocycles. The summed E-state index contributed by atoms with van der Waals surface area (Å²) in [4.78, 5) is 24.6. The number of carbonyl (C=O) groups is 2. The van der Waals surface area contributed by atoms with Crippen molar-refractivity contribution in [2.24, 2.45) is 0 Å². The van der Waals surface area contributed by atoms with Crippen molar-refractivity contribution in [2.75, 3.05) is 7.11 Å². The van der Waals surface area contributed by atoms with Crippen molar-refractivity contribution in [3.8, 4) is 11.5 Å². The summed E-state index contributed by atoms with van der Waals surface area (Å²) < 4.78 is 10.6. The SMILES string of the molecule is COc1ccc(C(=O)C=Cc2ccccc2OC(=O)c2ccccc2)cc1. The van der Waals surface area contributed by atoms with Crippen LogP contribution in [0.4, 0.5) is 0 Å². The van der Waals surface area contributed by atoms with E-state index in [1.165, 1.54) is 6.08 Å². The molecule has 0 aliphatic carbocycles. The lowest BCUT2D eigenvalue weighted by atomic mass is 10.1. The Hall–Kier alpha value is -3.66. The van der Waals surface area contributed by atoms with Crippen molar-refractivity contribution in [1.82, 2.24) is 0 Å². The number of ketones is 1. The molecule has 3 aromatic carbocycles. The normalized spacial score (nSPS) is 10.6. The molecule has 0 spiro atoms. The lowest BCUT2D eigenvalue weighted by Crippen LogP contribution is -2.08. The van der Waals surface area contributed by atoms with Crippen molar-refractivity contribution in [2.45, 2.75) is 0 Å². The Morgan fingerprint density at radius 1 is 0.778 bits per heavy atom. The number of ether oxygens (including phenoxy) is 2. The van der Waals surface area contributed by atoms with Crippen LogP contribution in [0, 0.1) is 0 Å². The number of benzene rings is 3. The van der Waals surface area contributed by atoms with Crippen molar-refractivity contribution in [3.63, 3.8) is 0 Å². The molecular formula is C23H18O4. The van der Waals surface area contributed by atoms with Crippen molar-refractivity contribution in [3.05, 3.63) is 102 Å². The summed E-state index contributed by atoms with van der Waals surface area (Å²) in [6.07, 6.45) is 3.09. The first-order valence-electron chi connectivity index (χ1n) is 8.40. The molecule has 0 saturated heterocycles. The summed E-state index contributed by atoms with van der Waals surface area (Å²) in [5.41, 5.74) is 1.65. The lowest BCUT2D eigenvalue weighted by Gasteiger charge is -2.07. The van der Waals surface area contributed by atoms with E-state index in [-0.39, 0.29) is 5.78 Å². The van der Waals surface area contributed by atoms with E-state index in [0.717, 1.165) is 0 Å². The molecule has 27 heavy (non-hydrogen) atoms. The van der Waals surface area contributed by atoms with E-state index in [2.05, 4.69) is 0 Å². The zero-order valence-corrected chi connectivity index (χ0v) is 14.8. The van der Waals surface area contributed by atoms with Crippen molar-refractivity contribution in [1.29, 1.82) is 0 Å². The fourth-order valence-corrected chi connectivity index (χ4v) is 2.46. The van der Waals surface area contributed by atoms with E-state index in [1.807, 2.05) is 12.1 Å². The van der Waals surface area contributed by atoms with Gasteiger partial charge in [-0.1, -0.05) is 36.4 Å². The minimum Gasteiger partial charge on any atom is -0.497 e. The summed E-state index contributed by atoms with van der Waals surface area (Å²) >= 11 is 0.